The van der Waals surface area contributed by atoms with Crippen LogP contribution in [0.2, 0.25) is 0 Å². The molecule has 0 bridgehead atoms. The molecule has 0 spiro atoms. The van der Waals surface area contributed by atoms with Crippen LogP contribution in [0.15, 0.2) is 48.5 Å². The van der Waals surface area contributed by atoms with Crippen molar-refractivity contribution in [3.63, 3.8) is 0 Å². The first kappa shape index (κ1) is 18.8. The minimum atomic E-state index is -0.650. The highest BCUT2D eigenvalue weighted by atomic mass is 16.5. The van der Waals surface area contributed by atoms with Gasteiger partial charge < -0.3 is 20.3 Å². The van der Waals surface area contributed by atoms with E-state index in [2.05, 4.69) is 24.5 Å². The monoisotopic (exact) mass is 367 g/mol. The molecule has 0 saturated heterocycles. The second kappa shape index (κ2) is 8.12. The third-order valence-electron chi connectivity index (χ3n) is 4.60. The number of benzene rings is 2. The molecule has 6 nitrogen and oxygen atoms in total. The van der Waals surface area contributed by atoms with Gasteiger partial charge in [0.05, 0.1) is 18.8 Å². The number of hydrogen-bond acceptors (Lipinski definition) is 4. The number of nitrogens with zero attached hydrogens (tertiary/aromatic N) is 1. The minimum absolute atomic E-state index is 0.139. The van der Waals surface area contributed by atoms with E-state index in [0.717, 1.165) is 11.4 Å². The zero-order valence-electron chi connectivity index (χ0n) is 15.9. The number of rotatable bonds is 5. The zero-order chi connectivity index (χ0) is 19.4. The molecule has 3 rings (SSSR count). The third kappa shape index (κ3) is 4.39. The van der Waals surface area contributed by atoms with Crippen molar-refractivity contribution < 1.29 is 14.3 Å². The molecule has 2 aromatic carbocycles. The summed E-state index contributed by atoms with van der Waals surface area (Å²) < 4.78 is 5.76. The van der Waals surface area contributed by atoms with E-state index in [1.165, 1.54) is 5.56 Å². The summed E-state index contributed by atoms with van der Waals surface area (Å²) in [5, 5.41) is 5.52. The molecule has 0 aliphatic carbocycles. The van der Waals surface area contributed by atoms with Crippen molar-refractivity contribution in [3.05, 3.63) is 54.1 Å². The quantitative estimate of drug-likeness (QED) is 0.853. The number of fused-ring (bicyclic) bond motifs is 1. The highest BCUT2D eigenvalue weighted by molar-refractivity contribution is 5.95. The second-order valence-corrected chi connectivity index (χ2v) is 6.89. The van der Waals surface area contributed by atoms with E-state index in [1.54, 1.807) is 13.1 Å². The Kier molecular flexibility index (Phi) is 5.64. The van der Waals surface area contributed by atoms with Crippen LogP contribution in [0.5, 0.6) is 5.75 Å². The first-order valence-corrected chi connectivity index (χ1v) is 9.10. The lowest BCUT2D eigenvalue weighted by molar-refractivity contribution is -0.127. The Bertz CT molecular complexity index is 818. The van der Waals surface area contributed by atoms with Gasteiger partial charge in [0.1, 0.15) is 5.75 Å². The summed E-state index contributed by atoms with van der Waals surface area (Å²) in [7, 11) is 1.57. The van der Waals surface area contributed by atoms with Crippen LogP contribution in [-0.2, 0) is 9.59 Å². The van der Waals surface area contributed by atoms with E-state index < -0.39 is 6.10 Å². The fourth-order valence-corrected chi connectivity index (χ4v) is 3.08. The van der Waals surface area contributed by atoms with Crippen LogP contribution in [-0.4, -0.2) is 38.1 Å². The van der Waals surface area contributed by atoms with Crippen molar-refractivity contribution >= 4 is 23.2 Å². The Morgan fingerprint density at radius 2 is 1.85 bits per heavy atom. The van der Waals surface area contributed by atoms with Gasteiger partial charge in [0.15, 0.2) is 6.10 Å². The van der Waals surface area contributed by atoms with Gasteiger partial charge in [0, 0.05) is 12.7 Å². The zero-order valence-corrected chi connectivity index (χ0v) is 15.9. The van der Waals surface area contributed by atoms with Crippen LogP contribution in [0.4, 0.5) is 11.4 Å². The van der Waals surface area contributed by atoms with E-state index in [9.17, 15) is 9.59 Å². The van der Waals surface area contributed by atoms with E-state index in [-0.39, 0.29) is 18.4 Å². The summed E-state index contributed by atoms with van der Waals surface area (Å²) in [5.74, 6) is 0.700. The van der Waals surface area contributed by atoms with Crippen LogP contribution in [0.3, 0.4) is 0 Å². The lowest BCUT2D eigenvalue weighted by Crippen LogP contribution is -2.50. The Morgan fingerprint density at radius 3 is 2.52 bits per heavy atom. The van der Waals surface area contributed by atoms with Gasteiger partial charge in [-0.25, -0.2) is 0 Å². The van der Waals surface area contributed by atoms with Crippen molar-refractivity contribution in [2.75, 3.05) is 30.4 Å². The number of para-hydroxylation sites is 2. The van der Waals surface area contributed by atoms with Crippen LogP contribution >= 0.6 is 0 Å². The Balaban J connectivity index is 1.71. The molecule has 1 aliphatic heterocycles. The van der Waals surface area contributed by atoms with Crippen LogP contribution < -0.4 is 20.3 Å². The van der Waals surface area contributed by atoms with Gasteiger partial charge in [0.25, 0.3) is 5.91 Å². The third-order valence-corrected chi connectivity index (χ3v) is 4.60. The van der Waals surface area contributed by atoms with Gasteiger partial charge in [-0.05, 0) is 35.7 Å². The van der Waals surface area contributed by atoms with Gasteiger partial charge in [-0.15, -0.1) is 0 Å². The maximum absolute atomic E-state index is 12.6. The number of carbonyl (C=O) groups is 2. The molecule has 0 aromatic heterocycles. The van der Waals surface area contributed by atoms with Gasteiger partial charge in [-0.1, -0.05) is 38.1 Å². The number of ether oxygens (including phenoxy) is 1. The predicted molar refractivity (Wildman–Crippen MR) is 106 cm³/mol. The molecular formula is C21H25N3O3. The van der Waals surface area contributed by atoms with Crippen LogP contribution in [0.1, 0.15) is 25.3 Å². The van der Waals surface area contributed by atoms with E-state index in [4.69, 9.17) is 4.74 Å². The first-order chi connectivity index (χ1) is 13.0. The summed E-state index contributed by atoms with van der Waals surface area (Å²) in [6, 6.07) is 15.3. The molecule has 1 aliphatic rings. The largest absolute Gasteiger partial charge is 0.477 e. The number of carbonyl (C=O) groups excluding carboxylic acids is 2. The lowest BCUT2D eigenvalue weighted by atomic mass is 10.0. The van der Waals surface area contributed by atoms with Crippen molar-refractivity contribution in [2.45, 2.75) is 25.9 Å². The minimum Gasteiger partial charge on any atom is -0.477 e. The van der Waals surface area contributed by atoms with Crippen molar-refractivity contribution in [2.24, 2.45) is 0 Å². The Morgan fingerprint density at radius 1 is 1.15 bits per heavy atom. The molecule has 0 radical (unpaired) electrons. The van der Waals surface area contributed by atoms with Gasteiger partial charge in [0.2, 0.25) is 5.91 Å². The number of anilines is 2. The van der Waals surface area contributed by atoms with E-state index >= 15 is 0 Å². The molecule has 0 fully saturated rings. The molecule has 1 heterocycles. The number of nitrogens with one attached hydrogen (secondary N) is 2. The topological polar surface area (TPSA) is 70.7 Å². The number of likely N-dealkylation sites (N-methyl/N-ethyl adjacent to an activating group) is 1. The van der Waals surface area contributed by atoms with Gasteiger partial charge in [-0.2, -0.15) is 0 Å². The highest BCUT2D eigenvalue weighted by Gasteiger charge is 2.30. The fourth-order valence-electron chi connectivity index (χ4n) is 3.08. The summed E-state index contributed by atoms with van der Waals surface area (Å²) in [5.41, 5.74) is 2.79. The van der Waals surface area contributed by atoms with Gasteiger partial charge in [-0.3, -0.25) is 9.59 Å². The van der Waals surface area contributed by atoms with Crippen LogP contribution in [0.25, 0.3) is 0 Å². The summed E-state index contributed by atoms with van der Waals surface area (Å²) in [6.07, 6.45) is -0.650. The Hall–Kier alpha value is -3.02. The molecule has 2 N–H and O–H groups in total. The molecule has 2 amide bonds. The average molecular weight is 367 g/mol. The smallest absolute Gasteiger partial charge is 0.262 e. The highest BCUT2D eigenvalue weighted by Crippen LogP contribution is 2.33. The number of amides is 2. The molecular weight excluding hydrogens is 342 g/mol. The predicted octanol–water partition coefficient (Wildman–Crippen LogP) is 2.76. The molecule has 27 heavy (non-hydrogen) atoms. The summed E-state index contributed by atoms with van der Waals surface area (Å²) in [4.78, 5) is 26.5. The molecule has 2 aromatic rings. The normalized spacial score (nSPS) is 15.7. The second-order valence-electron chi connectivity index (χ2n) is 6.89. The maximum atomic E-state index is 12.6. The lowest BCUT2D eigenvalue weighted by Gasteiger charge is -2.35. The fraction of sp³-hybridized carbons (Fsp3) is 0.333. The van der Waals surface area contributed by atoms with Crippen molar-refractivity contribution in [1.82, 2.24) is 5.32 Å². The van der Waals surface area contributed by atoms with Gasteiger partial charge >= 0.3 is 0 Å². The van der Waals surface area contributed by atoms with Crippen molar-refractivity contribution in [1.29, 1.82) is 0 Å². The SMILES string of the molecule is CNC(=O)[C@H]1CN(CC(=O)Nc2ccc(C(C)C)cc2)c2ccccc2O1. The summed E-state index contributed by atoms with van der Waals surface area (Å²) in [6.45, 7) is 4.72. The average Bonchev–Trinajstić information content (AvgIpc) is 2.67. The molecule has 0 unspecified atom stereocenters. The van der Waals surface area contributed by atoms with Crippen LogP contribution in [0, 0.1) is 0 Å². The Labute approximate surface area is 159 Å². The van der Waals surface area contributed by atoms with Crippen molar-refractivity contribution in [3.8, 4) is 5.75 Å². The molecule has 6 heteroatoms. The van der Waals surface area contributed by atoms with E-state index in [1.807, 2.05) is 47.4 Å². The molecule has 142 valence electrons. The first-order valence-electron chi connectivity index (χ1n) is 9.10. The summed E-state index contributed by atoms with van der Waals surface area (Å²) >= 11 is 0. The standard InChI is InChI=1S/C21H25N3O3/c1-14(2)15-8-10-16(11-9-15)23-20(25)13-24-12-19(21(26)22-3)27-18-7-5-4-6-17(18)24/h4-11,14,19H,12-13H2,1-3H3,(H,22,26)(H,23,25)/t19-/m1/s1. The van der Waals surface area contributed by atoms with E-state index in [0.29, 0.717) is 18.2 Å². The number of hydrogen-bond donors (Lipinski definition) is 2. The molecule has 1 atom stereocenters. The maximum Gasteiger partial charge on any atom is 0.262 e. The molecule has 0 saturated carbocycles.